The Kier molecular flexibility index (Phi) is 7.34. The maximum atomic E-state index is 12.6. The Bertz CT molecular complexity index is 1290. The van der Waals surface area contributed by atoms with Crippen molar-refractivity contribution in [1.29, 1.82) is 0 Å². The average molecular weight is 473 g/mol. The molecule has 4 aromatic rings. The van der Waals surface area contributed by atoms with Crippen LogP contribution in [0.3, 0.4) is 0 Å². The van der Waals surface area contributed by atoms with Gasteiger partial charge in [0.1, 0.15) is 0 Å². The van der Waals surface area contributed by atoms with Crippen LogP contribution in [0, 0.1) is 6.92 Å². The van der Waals surface area contributed by atoms with Crippen LogP contribution in [-0.2, 0) is 11.3 Å². The number of hydrogen-bond acceptors (Lipinski definition) is 6. The van der Waals surface area contributed by atoms with Crippen LogP contribution in [-0.4, -0.2) is 37.3 Å². The summed E-state index contributed by atoms with van der Waals surface area (Å²) in [7, 11) is 0. The standard InChI is InChI=1S/C25H24N6O2S/c1-3-31-23(18-11-13-26-14-12-18)29-30-25(31)34-16-22(32)27-20-5-4-6-21(15-20)28-24(33)19-9-7-17(2)8-10-19/h4-15H,3,16H2,1-2H3,(H,27,32)(H,28,33). The van der Waals surface area contributed by atoms with Crippen molar-refractivity contribution in [2.75, 3.05) is 16.4 Å². The summed E-state index contributed by atoms with van der Waals surface area (Å²) in [6.07, 6.45) is 3.42. The van der Waals surface area contributed by atoms with E-state index in [1.165, 1.54) is 11.8 Å². The van der Waals surface area contributed by atoms with E-state index in [0.717, 1.165) is 17.0 Å². The normalized spacial score (nSPS) is 10.6. The molecule has 0 saturated carbocycles. The van der Waals surface area contributed by atoms with Gasteiger partial charge in [-0.25, -0.2) is 0 Å². The number of aryl methyl sites for hydroxylation is 1. The molecular formula is C25H24N6O2S. The van der Waals surface area contributed by atoms with Gasteiger partial charge >= 0.3 is 0 Å². The summed E-state index contributed by atoms with van der Waals surface area (Å²) in [6, 6.07) is 18.2. The summed E-state index contributed by atoms with van der Waals surface area (Å²) < 4.78 is 1.97. The van der Waals surface area contributed by atoms with E-state index in [-0.39, 0.29) is 17.6 Å². The molecule has 0 unspecified atom stereocenters. The van der Waals surface area contributed by atoms with Gasteiger partial charge < -0.3 is 15.2 Å². The summed E-state index contributed by atoms with van der Waals surface area (Å²) in [4.78, 5) is 29.1. The van der Waals surface area contributed by atoms with Crippen LogP contribution in [0.4, 0.5) is 11.4 Å². The predicted molar refractivity (Wildman–Crippen MR) is 134 cm³/mol. The van der Waals surface area contributed by atoms with Crippen molar-refractivity contribution in [2.45, 2.75) is 25.5 Å². The largest absolute Gasteiger partial charge is 0.325 e. The van der Waals surface area contributed by atoms with Gasteiger partial charge in [0, 0.05) is 41.4 Å². The van der Waals surface area contributed by atoms with Crippen molar-refractivity contribution in [3.63, 3.8) is 0 Å². The molecule has 0 aliphatic heterocycles. The maximum Gasteiger partial charge on any atom is 0.255 e. The molecule has 0 atom stereocenters. The van der Waals surface area contributed by atoms with E-state index in [9.17, 15) is 9.59 Å². The van der Waals surface area contributed by atoms with Gasteiger partial charge in [0.2, 0.25) is 5.91 Å². The fourth-order valence-electron chi connectivity index (χ4n) is 3.31. The summed E-state index contributed by atoms with van der Waals surface area (Å²) in [5.74, 6) is 0.532. The fourth-order valence-corrected chi connectivity index (χ4v) is 4.11. The molecule has 0 fully saturated rings. The lowest BCUT2D eigenvalue weighted by atomic mass is 10.1. The van der Waals surface area contributed by atoms with Gasteiger partial charge in [-0.2, -0.15) is 0 Å². The molecule has 9 heteroatoms. The Labute approximate surface area is 201 Å². The van der Waals surface area contributed by atoms with Gasteiger partial charge in [-0.1, -0.05) is 35.5 Å². The third kappa shape index (κ3) is 5.68. The van der Waals surface area contributed by atoms with E-state index in [2.05, 4.69) is 25.8 Å². The second kappa shape index (κ2) is 10.8. The second-order valence-electron chi connectivity index (χ2n) is 7.52. The van der Waals surface area contributed by atoms with E-state index in [1.807, 2.05) is 42.7 Å². The molecule has 2 aromatic carbocycles. The molecule has 4 rings (SSSR count). The van der Waals surface area contributed by atoms with Crippen molar-refractivity contribution in [3.8, 4) is 11.4 Å². The monoisotopic (exact) mass is 472 g/mol. The molecule has 0 aliphatic rings. The first-order chi connectivity index (χ1) is 16.5. The maximum absolute atomic E-state index is 12.6. The predicted octanol–water partition coefficient (Wildman–Crippen LogP) is 4.65. The minimum Gasteiger partial charge on any atom is -0.325 e. The molecule has 2 N–H and O–H groups in total. The Morgan fingerprint density at radius 1 is 0.941 bits per heavy atom. The lowest BCUT2D eigenvalue weighted by molar-refractivity contribution is -0.113. The van der Waals surface area contributed by atoms with E-state index < -0.39 is 0 Å². The highest BCUT2D eigenvalue weighted by molar-refractivity contribution is 7.99. The van der Waals surface area contributed by atoms with Crippen molar-refractivity contribution in [2.24, 2.45) is 0 Å². The first kappa shape index (κ1) is 23.2. The number of nitrogens with one attached hydrogen (secondary N) is 2. The van der Waals surface area contributed by atoms with Gasteiger partial charge in [0.05, 0.1) is 5.75 Å². The number of aromatic nitrogens is 4. The SMILES string of the molecule is CCn1c(SCC(=O)Nc2cccc(NC(=O)c3ccc(C)cc3)c2)nnc1-c1ccncc1. The van der Waals surface area contributed by atoms with Crippen LogP contribution in [0.1, 0.15) is 22.8 Å². The lowest BCUT2D eigenvalue weighted by Crippen LogP contribution is -2.15. The van der Waals surface area contributed by atoms with Crippen molar-refractivity contribution < 1.29 is 9.59 Å². The molecule has 2 heterocycles. The van der Waals surface area contributed by atoms with Crippen LogP contribution in [0.25, 0.3) is 11.4 Å². The molecule has 34 heavy (non-hydrogen) atoms. The molecule has 2 amide bonds. The molecule has 172 valence electrons. The van der Waals surface area contributed by atoms with Crippen molar-refractivity contribution in [1.82, 2.24) is 19.7 Å². The van der Waals surface area contributed by atoms with Gasteiger partial charge in [0.25, 0.3) is 5.91 Å². The number of carbonyl (C=O) groups is 2. The van der Waals surface area contributed by atoms with Gasteiger partial charge in [-0.05, 0) is 56.3 Å². The third-order valence-electron chi connectivity index (χ3n) is 5.02. The van der Waals surface area contributed by atoms with E-state index in [1.54, 1.807) is 48.8 Å². The number of pyridine rings is 1. The number of amides is 2. The van der Waals surface area contributed by atoms with Crippen LogP contribution >= 0.6 is 11.8 Å². The number of anilines is 2. The zero-order valence-electron chi connectivity index (χ0n) is 18.9. The van der Waals surface area contributed by atoms with E-state index in [4.69, 9.17) is 0 Å². The minimum atomic E-state index is -0.206. The van der Waals surface area contributed by atoms with Gasteiger partial charge in [-0.15, -0.1) is 10.2 Å². The highest BCUT2D eigenvalue weighted by Crippen LogP contribution is 2.24. The summed E-state index contributed by atoms with van der Waals surface area (Å²) in [5, 5.41) is 14.9. The highest BCUT2D eigenvalue weighted by Gasteiger charge is 2.15. The molecule has 0 saturated heterocycles. The summed E-state index contributed by atoms with van der Waals surface area (Å²) in [5.41, 5.74) is 3.78. The first-order valence-electron chi connectivity index (χ1n) is 10.8. The quantitative estimate of drug-likeness (QED) is 0.362. The number of carbonyl (C=O) groups excluding carboxylic acids is 2. The Hall–Kier alpha value is -3.98. The van der Waals surface area contributed by atoms with Crippen LogP contribution < -0.4 is 10.6 Å². The molecule has 2 aromatic heterocycles. The van der Waals surface area contributed by atoms with Crippen LogP contribution in [0.2, 0.25) is 0 Å². The van der Waals surface area contributed by atoms with E-state index >= 15 is 0 Å². The van der Waals surface area contributed by atoms with E-state index in [0.29, 0.717) is 28.6 Å². The molecule has 8 nitrogen and oxygen atoms in total. The number of benzene rings is 2. The molecule has 0 spiro atoms. The number of rotatable bonds is 8. The van der Waals surface area contributed by atoms with Crippen molar-refractivity contribution >= 4 is 35.0 Å². The third-order valence-corrected chi connectivity index (χ3v) is 5.99. The highest BCUT2D eigenvalue weighted by atomic mass is 32.2. The minimum absolute atomic E-state index is 0.175. The average Bonchev–Trinajstić information content (AvgIpc) is 3.27. The van der Waals surface area contributed by atoms with Gasteiger partial charge in [-0.3, -0.25) is 14.6 Å². The summed E-state index contributed by atoms with van der Waals surface area (Å²) >= 11 is 1.32. The molecule has 0 aliphatic carbocycles. The molecular weight excluding hydrogens is 448 g/mol. The lowest BCUT2D eigenvalue weighted by Gasteiger charge is -2.10. The second-order valence-corrected chi connectivity index (χ2v) is 8.47. The fraction of sp³-hybridized carbons (Fsp3) is 0.160. The topological polar surface area (TPSA) is 102 Å². The Morgan fingerprint density at radius 3 is 2.35 bits per heavy atom. The first-order valence-corrected chi connectivity index (χ1v) is 11.8. The van der Waals surface area contributed by atoms with Gasteiger partial charge in [0.15, 0.2) is 11.0 Å². The smallest absolute Gasteiger partial charge is 0.255 e. The summed E-state index contributed by atoms with van der Waals surface area (Å²) in [6.45, 7) is 4.66. The number of hydrogen-bond donors (Lipinski definition) is 2. The number of nitrogens with zero attached hydrogens (tertiary/aromatic N) is 4. The Balaban J connectivity index is 1.36. The van der Waals surface area contributed by atoms with Crippen molar-refractivity contribution in [3.05, 3.63) is 84.2 Å². The van der Waals surface area contributed by atoms with Crippen LogP contribution in [0.15, 0.2) is 78.2 Å². The van der Waals surface area contributed by atoms with Crippen LogP contribution in [0.5, 0.6) is 0 Å². The molecule has 0 bridgehead atoms. The zero-order valence-corrected chi connectivity index (χ0v) is 19.7. The zero-order chi connectivity index (χ0) is 23.9. The number of thioether (sulfide) groups is 1. The molecule has 0 radical (unpaired) electrons. The Morgan fingerprint density at radius 2 is 1.65 bits per heavy atom.